The Bertz CT molecular complexity index is 387. The molecule has 18 heavy (non-hydrogen) atoms. The number of amides is 1. The van der Waals surface area contributed by atoms with Crippen molar-refractivity contribution in [2.75, 3.05) is 0 Å². The number of hydrazone groups is 1. The summed E-state index contributed by atoms with van der Waals surface area (Å²) in [5, 5.41) is 4.07. The SMILES string of the molecule is CCCCCCC(=O)N/N=C(\C)c1cccnc1. The van der Waals surface area contributed by atoms with Gasteiger partial charge >= 0.3 is 0 Å². The van der Waals surface area contributed by atoms with E-state index in [9.17, 15) is 4.79 Å². The number of nitrogens with zero attached hydrogens (tertiary/aromatic N) is 2. The quantitative estimate of drug-likeness (QED) is 0.457. The molecule has 98 valence electrons. The van der Waals surface area contributed by atoms with Crippen LogP contribution in [0.4, 0.5) is 0 Å². The number of pyridine rings is 1. The summed E-state index contributed by atoms with van der Waals surface area (Å²) in [5.41, 5.74) is 4.27. The minimum atomic E-state index is -0.0191. The zero-order chi connectivity index (χ0) is 13.2. The number of carbonyl (C=O) groups excluding carboxylic acids is 1. The Morgan fingerprint density at radius 2 is 2.22 bits per heavy atom. The van der Waals surface area contributed by atoms with E-state index in [0.717, 1.165) is 24.1 Å². The molecular formula is C14H21N3O. The number of rotatable bonds is 7. The molecule has 1 aromatic heterocycles. The normalized spacial score (nSPS) is 11.3. The van der Waals surface area contributed by atoms with Crippen LogP contribution >= 0.6 is 0 Å². The van der Waals surface area contributed by atoms with Crippen molar-refractivity contribution in [2.45, 2.75) is 46.0 Å². The van der Waals surface area contributed by atoms with Crippen molar-refractivity contribution in [2.24, 2.45) is 5.10 Å². The molecule has 0 atom stereocenters. The molecule has 0 fully saturated rings. The molecule has 1 heterocycles. The van der Waals surface area contributed by atoms with E-state index >= 15 is 0 Å². The lowest BCUT2D eigenvalue weighted by Gasteiger charge is -2.02. The Kier molecular flexibility index (Phi) is 6.69. The molecule has 0 saturated carbocycles. The first-order valence-electron chi connectivity index (χ1n) is 6.47. The Morgan fingerprint density at radius 3 is 2.89 bits per heavy atom. The average molecular weight is 247 g/mol. The van der Waals surface area contributed by atoms with Gasteiger partial charge in [0.05, 0.1) is 5.71 Å². The van der Waals surface area contributed by atoms with Gasteiger partial charge in [0.2, 0.25) is 5.91 Å². The van der Waals surface area contributed by atoms with E-state index in [4.69, 9.17) is 0 Å². The molecule has 1 aromatic rings. The van der Waals surface area contributed by atoms with Crippen LogP contribution in [0.25, 0.3) is 0 Å². The summed E-state index contributed by atoms with van der Waals surface area (Å²) in [6, 6.07) is 3.76. The molecule has 1 rings (SSSR count). The van der Waals surface area contributed by atoms with Gasteiger partial charge in [0.15, 0.2) is 0 Å². The number of nitrogens with one attached hydrogen (secondary N) is 1. The Balaban J connectivity index is 2.32. The fourth-order valence-corrected chi connectivity index (χ4v) is 1.56. The fraction of sp³-hybridized carbons (Fsp3) is 0.500. The molecule has 0 aliphatic rings. The van der Waals surface area contributed by atoms with Gasteiger partial charge in [-0.1, -0.05) is 32.3 Å². The molecule has 0 aliphatic carbocycles. The van der Waals surface area contributed by atoms with Gasteiger partial charge in [0.25, 0.3) is 0 Å². The van der Waals surface area contributed by atoms with Gasteiger partial charge in [0, 0.05) is 24.4 Å². The van der Waals surface area contributed by atoms with E-state index in [1.807, 2.05) is 19.1 Å². The highest BCUT2D eigenvalue weighted by molar-refractivity contribution is 5.98. The molecule has 1 N–H and O–H groups in total. The third-order valence-electron chi connectivity index (χ3n) is 2.69. The smallest absolute Gasteiger partial charge is 0.240 e. The Labute approximate surface area is 109 Å². The second kappa shape index (κ2) is 8.39. The van der Waals surface area contributed by atoms with Crippen LogP contribution in [0.15, 0.2) is 29.6 Å². The highest BCUT2D eigenvalue weighted by Crippen LogP contribution is 2.02. The zero-order valence-corrected chi connectivity index (χ0v) is 11.1. The number of carbonyl (C=O) groups is 1. The van der Waals surface area contributed by atoms with Crippen LogP contribution in [0.3, 0.4) is 0 Å². The summed E-state index contributed by atoms with van der Waals surface area (Å²) in [6.07, 6.45) is 8.39. The van der Waals surface area contributed by atoms with Gasteiger partial charge in [0.1, 0.15) is 0 Å². The van der Waals surface area contributed by atoms with Gasteiger partial charge in [-0.05, 0) is 19.4 Å². The molecule has 0 aromatic carbocycles. The Morgan fingerprint density at radius 1 is 1.39 bits per heavy atom. The summed E-state index contributed by atoms with van der Waals surface area (Å²) in [6.45, 7) is 4.01. The second-order valence-corrected chi connectivity index (χ2v) is 4.28. The number of hydrogen-bond acceptors (Lipinski definition) is 3. The lowest BCUT2D eigenvalue weighted by Crippen LogP contribution is -2.18. The van der Waals surface area contributed by atoms with Crippen LogP contribution in [0.1, 0.15) is 51.5 Å². The lowest BCUT2D eigenvalue weighted by atomic mass is 10.1. The van der Waals surface area contributed by atoms with Crippen molar-refractivity contribution in [1.29, 1.82) is 0 Å². The van der Waals surface area contributed by atoms with Crippen molar-refractivity contribution < 1.29 is 4.79 Å². The molecule has 1 amide bonds. The van der Waals surface area contributed by atoms with E-state index in [1.165, 1.54) is 12.8 Å². The standard InChI is InChI=1S/C14H21N3O/c1-3-4-5-6-9-14(18)17-16-12(2)13-8-7-10-15-11-13/h7-8,10-11H,3-6,9H2,1-2H3,(H,17,18)/b16-12+. The first-order chi connectivity index (χ1) is 8.74. The lowest BCUT2D eigenvalue weighted by molar-refractivity contribution is -0.121. The van der Waals surface area contributed by atoms with E-state index in [0.29, 0.717) is 6.42 Å². The maximum Gasteiger partial charge on any atom is 0.240 e. The third-order valence-corrected chi connectivity index (χ3v) is 2.69. The van der Waals surface area contributed by atoms with E-state index in [1.54, 1.807) is 12.4 Å². The molecule has 0 aliphatic heterocycles. The van der Waals surface area contributed by atoms with Gasteiger partial charge < -0.3 is 0 Å². The van der Waals surface area contributed by atoms with Crippen LogP contribution < -0.4 is 5.43 Å². The molecule has 0 unspecified atom stereocenters. The van der Waals surface area contributed by atoms with Gasteiger partial charge in [-0.15, -0.1) is 0 Å². The molecule has 0 bridgehead atoms. The predicted octanol–water partition coefficient (Wildman–Crippen LogP) is 2.89. The fourth-order valence-electron chi connectivity index (χ4n) is 1.56. The molecule has 4 heteroatoms. The van der Waals surface area contributed by atoms with Crippen molar-refractivity contribution in [1.82, 2.24) is 10.4 Å². The first-order valence-corrected chi connectivity index (χ1v) is 6.47. The van der Waals surface area contributed by atoms with Crippen LogP contribution in [0.5, 0.6) is 0 Å². The van der Waals surface area contributed by atoms with E-state index in [-0.39, 0.29) is 5.91 Å². The maximum atomic E-state index is 11.5. The minimum absolute atomic E-state index is 0.0191. The highest BCUT2D eigenvalue weighted by atomic mass is 16.2. The van der Waals surface area contributed by atoms with Gasteiger partial charge in [-0.2, -0.15) is 5.10 Å². The van der Waals surface area contributed by atoms with Crippen molar-refractivity contribution in [3.8, 4) is 0 Å². The van der Waals surface area contributed by atoms with E-state index < -0.39 is 0 Å². The third kappa shape index (κ3) is 5.57. The number of hydrogen-bond donors (Lipinski definition) is 1. The summed E-state index contributed by atoms with van der Waals surface area (Å²) in [7, 11) is 0. The Hall–Kier alpha value is -1.71. The summed E-state index contributed by atoms with van der Waals surface area (Å²) in [5.74, 6) is -0.0191. The van der Waals surface area contributed by atoms with Gasteiger partial charge in [-0.25, -0.2) is 5.43 Å². The summed E-state index contributed by atoms with van der Waals surface area (Å²) < 4.78 is 0. The highest BCUT2D eigenvalue weighted by Gasteiger charge is 2.01. The molecular weight excluding hydrogens is 226 g/mol. The molecule has 0 spiro atoms. The second-order valence-electron chi connectivity index (χ2n) is 4.28. The predicted molar refractivity (Wildman–Crippen MR) is 73.3 cm³/mol. The number of aromatic nitrogens is 1. The monoisotopic (exact) mass is 247 g/mol. The summed E-state index contributed by atoms with van der Waals surface area (Å²) >= 11 is 0. The maximum absolute atomic E-state index is 11.5. The molecule has 0 saturated heterocycles. The zero-order valence-electron chi connectivity index (χ0n) is 11.1. The van der Waals surface area contributed by atoms with Crippen molar-refractivity contribution in [3.63, 3.8) is 0 Å². The van der Waals surface area contributed by atoms with E-state index in [2.05, 4.69) is 22.4 Å². The van der Waals surface area contributed by atoms with Crippen LogP contribution in [0, 0.1) is 0 Å². The number of unbranched alkanes of at least 4 members (excludes halogenated alkanes) is 3. The molecule has 4 nitrogen and oxygen atoms in total. The van der Waals surface area contributed by atoms with Crippen LogP contribution in [0.2, 0.25) is 0 Å². The topological polar surface area (TPSA) is 54.4 Å². The van der Waals surface area contributed by atoms with Crippen LogP contribution in [-0.4, -0.2) is 16.6 Å². The van der Waals surface area contributed by atoms with Crippen LogP contribution in [-0.2, 0) is 4.79 Å². The molecule has 0 radical (unpaired) electrons. The van der Waals surface area contributed by atoms with Crippen molar-refractivity contribution >= 4 is 11.6 Å². The van der Waals surface area contributed by atoms with Gasteiger partial charge in [-0.3, -0.25) is 9.78 Å². The summed E-state index contributed by atoms with van der Waals surface area (Å²) in [4.78, 5) is 15.5. The largest absolute Gasteiger partial charge is 0.273 e. The average Bonchev–Trinajstić information content (AvgIpc) is 2.42. The van der Waals surface area contributed by atoms with Crippen molar-refractivity contribution in [3.05, 3.63) is 30.1 Å². The minimum Gasteiger partial charge on any atom is -0.273 e. The first kappa shape index (κ1) is 14.4.